The first-order valence-electron chi connectivity index (χ1n) is 11.3. The lowest BCUT2D eigenvalue weighted by atomic mass is 10.1. The summed E-state index contributed by atoms with van der Waals surface area (Å²) in [5.41, 5.74) is 3.79. The second kappa shape index (κ2) is 9.08. The van der Waals surface area contributed by atoms with Gasteiger partial charge >= 0.3 is 0 Å². The van der Waals surface area contributed by atoms with E-state index in [0.717, 1.165) is 30.8 Å². The normalized spacial score (nSPS) is 18.9. The summed E-state index contributed by atoms with van der Waals surface area (Å²) >= 11 is 0. The fourth-order valence-corrected chi connectivity index (χ4v) is 4.50. The van der Waals surface area contributed by atoms with E-state index in [4.69, 9.17) is 4.98 Å². The maximum absolute atomic E-state index is 12.8. The number of anilines is 1. The van der Waals surface area contributed by atoms with Gasteiger partial charge in [0.1, 0.15) is 0 Å². The van der Waals surface area contributed by atoms with Crippen LogP contribution in [0.15, 0.2) is 48.9 Å². The molecule has 0 bridgehead atoms. The Morgan fingerprint density at radius 1 is 1.12 bits per heavy atom. The summed E-state index contributed by atoms with van der Waals surface area (Å²) in [6, 6.07) is 10.0. The Morgan fingerprint density at radius 2 is 1.94 bits per heavy atom. The number of aromatic nitrogens is 4. The number of hydrogen-bond acceptors (Lipinski definition) is 6. The summed E-state index contributed by atoms with van der Waals surface area (Å²) in [6.07, 6.45) is 8.97. The van der Waals surface area contributed by atoms with Crippen LogP contribution in [0.25, 0.3) is 11.3 Å². The van der Waals surface area contributed by atoms with Crippen LogP contribution in [-0.2, 0) is 13.6 Å². The molecule has 2 aliphatic heterocycles. The summed E-state index contributed by atoms with van der Waals surface area (Å²) in [4.78, 5) is 26.5. The van der Waals surface area contributed by atoms with Crippen LogP contribution in [0.5, 0.6) is 0 Å². The minimum absolute atomic E-state index is 0.0189. The van der Waals surface area contributed by atoms with Crippen molar-refractivity contribution in [1.29, 1.82) is 0 Å². The number of hydrogen-bond donors (Lipinski definition) is 1. The van der Waals surface area contributed by atoms with Crippen LogP contribution in [0.4, 0.5) is 5.95 Å². The molecule has 0 saturated carbocycles. The molecule has 8 heteroatoms. The molecule has 32 heavy (non-hydrogen) atoms. The molecule has 2 aromatic heterocycles. The van der Waals surface area contributed by atoms with Crippen LogP contribution in [0.3, 0.4) is 0 Å². The van der Waals surface area contributed by atoms with E-state index in [-0.39, 0.29) is 11.9 Å². The third-order valence-corrected chi connectivity index (χ3v) is 6.27. The first-order valence-corrected chi connectivity index (χ1v) is 11.3. The minimum atomic E-state index is -0.0189. The zero-order valence-corrected chi connectivity index (χ0v) is 18.4. The topological polar surface area (TPSA) is 79.2 Å². The molecule has 4 heterocycles. The molecule has 0 spiro atoms. The van der Waals surface area contributed by atoms with Crippen LogP contribution in [0.2, 0.25) is 0 Å². The van der Waals surface area contributed by atoms with Gasteiger partial charge < -0.3 is 10.2 Å². The van der Waals surface area contributed by atoms with Gasteiger partial charge in [0.15, 0.2) is 0 Å². The minimum Gasteiger partial charge on any atom is -0.347 e. The lowest BCUT2D eigenvalue weighted by Gasteiger charge is -2.17. The van der Waals surface area contributed by atoms with E-state index in [2.05, 4.69) is 37.3 Å². The van der Waals surface area contributed by atoms with Crippen molar-refractivity contribution in [3.8, 4) is 11.3 Å². The van der Waals surface area contributed by atoms with Crippen LogP contribution in [0.1, 0.15) is 35.2 Å². The fraction of sp³-hybridized carbons (Fsp3) is 0.417. The van der Waals surface area contributed by atoms with E-state index in [1.165, 1.54) is 31.5 Å². The monoisotopic (exact) mass is 431 g/mol. The Hall–Kier alpha value is -3.26. The number of likely N-dealkylation sites (tertiary alicyclic amines) is 1. The quantitative estimate of drug-likeness (QED) is 0.646. The van der Waals surface area contributed by atoms with Gasteiger partial charge in [-0.25, -0.2) is 9.97 Å². The standard InChI is InChI=1S/C24H29N7O/c1-29-16-20(14-26-29)22-8-10-25-24(28-22)31-13-9-21(17-31)27-23(32)19-6-4-18(5-7-19)15-30-11-2-3-12-30/h4-8,10,14,16,21H,2-3,9,11-13,15,17H2,1H3,(H,27,32). The number of carbonyl (C=O) groups is 1. The average molecular weight is 432 g/mol. The largest absolute Gasteiger partial charge is 0.347 e. The third kappa shape index (κ3) is 4.65. The number of benzene rings is 1. The van der Waals surface area contributed by atoms with E-state index < -0.39 is 0 Å². The fourth-order valence-electron chi connectivity index (χ4n) is 4.50. The molecule has 2 fully saturated rings. The number of carbonyl (C=O) groups excluding carboxylic acids is 1. The number of aryl methyl sites for hydroxylation is 1. The molecule has 0 radical (unpaired) electrons. The summed E-state index contributed by atoms with van der Waals surface area (Å²) in [5.74, 6) is 0.670. The Morgan fingerprint density at radius 3 is 2.69 bits per heavy atom. The lowest BCUT2D eigenvalue weighted by Crippen LogP contribution is -2.37. The van der Waals surface area contributed by atoms with Gasteiger partial charge in [-0.1, -0.05) is 12.1 Å². The summed E-state index contributed by atoms with van der Waals surface area (Å²) < 4.78 is 1.76. The van der Waals surface area contributed by atoms with Gasteiger partial charge in [-0.3, -0.25) is 14.4 Å². The molecule has 1 aromatic carbocycles. The van der Waals surface area contributed by atoms with Gasteiger partial charge in [-0.2, -0.15) is 5.10 Å². The SMILES string of the molecule is Cn1cc(-c2ccnc(N3CCC(NC(=O)c4ccc(CN5CCCC5)cc4)C3)n2)cn1. The summed E-state index contributed by atoms with van der Waals surface area (Å²) in [5, 5.41) is 7.39. The molecule has 0 aliphatic carbocycles. The van der Waals surface area contributed by atoms with Crippen molar-refractivity contribution in [2.45, 2.75) is 31.8 Å². The molecule has 8 nitrogen and oxygen atoms in total. The van der Waals surface area contributed by atoms with Crippen molar-refractivity contribution in [3.63, 3.8) is 0 Å². The van der Waals surface area contributed by atoms with Crippen molar-refractivity contribution < 1.29 is 4.79 Å². The maximum Gasteiger partial charge on any atom is 0.251 e. The zero-order valence-electron chi connectivity index (χ0n) is 18.4. The smallest absolute Gasteiger partial charge is 0.251 e. The first-order chi connectivity index (χ1) is 15.6. The molecule has 166 valence electrons. The molecule has 1 amide bonds. The number of rotatable bonds is 6. The van der Waals surface area contributed by atoms with Gasteiger partial charge in [0.25, 0.3) is 5.91 Å². The van der Waals surface area contributed by atoms with E-state index in [1.54, 1.807) is 17.1 Å². The second-order valence-corrected chi connectivity index (χ2v) is 8.73. The predicted molar refractivity (Wildman–Crippen MR) is 123 cm³/mol. The summed E-state index contributed by atoms with van der Waals surface area (Å²) in [7, 11) is 1.89. The highest BCUT2D eigenvalue weighted by molar-refractivity contribution is 5.94. The molecule has 2 saturated heterocycles. The molecule has 1 N–H and O–H groups in total. The zero-order chi connectivity index (χ0) is 21.9. The Bertz CT molecular complexity index is 1070. The van der Waals surface area contributed by atoms with Crippen LogP contribution in [0, 0.1) is 0 Å². The van der Waals surface area contributed by atoms with Gasteiger partial charge in [0.2, 0.25) is 5.95 Å². The molecule has 3 aromatic rings. The second-order valence-electron chi connectivity index (χ2n) is 8.73. The molecule has 5 rings (SSSR count). The first kappa shape index (κ1) is 20.6. The Kier molecular flexibility index (Phi) is 5.85. The number of nitrogens with one attached hydrogen (secondary N) is 1. The van der Waals surface area contributed by atoms with Crippen molar-refractivity contribution in [2.24, 2.45) is 7.05 Å². The van der Waals surface area contributed by atoms with Gasteiger partial charge in [0.05, 0.1) is 11.9 Å². The molecular weight excluding hydrogens is 402 g/mol. The van der Waals surface area contributed by atoms with Crippen molar-refractivity contribution in [1.82, 2.24) is 30.0 Å². The van der Waals surface area contributed by atoms with E-state index in [0.29, 0.717) is 18.1 Å². The predicted octanol–water partition coefficient (Wildman–Crippen LogP) is 2.48. The van der Waals surface area contributed by atoms with Crippen LogP contribution >= 0.6 is 0 Å². The summed E-state index contributed by atoms with van der Waals surface area (Å²) in [6.45, 7) is 4.84. The van der Waals surface area contributed by atoms with E-state index in [1.807, 2.05) is 31.4 Å². The number of amides is 1. The average Bonchev–Trinajstić information content (AvgIpc) is 3.57. The van der Waals surface area contributed by atoms with Crippen LogP contribution in [-0.4, -0.2) is 62.8 Å². The van der Waals surface area contributed by atoms with Crippen molar-refractivity contribution >= 4 is 11.9 Å². The third-order valence-electron chi connectivity index (χ3n) is 6.27. The number of nitrogens with zero attached hydrogens (tertiary/aromatic N) is 6. The highest BCUT2D eigenvalue weighted by Gasteiger charge is 2.26. The van der Waals surface area contributed by atoms with Gasteiger partial charge in [-0.15, -0.1) is 0 Å². The lowest BCUT2D eigenvalue weighted by molar-refractivity contribution is 0.0940. The molecule has 1 unspecified atom stereocenters. The van der Waals surface area contributed by atoms with E-state index in [9.17, 15) is 4.79 Å². The van der Waals surface area contributed by atoms with Crippen LogP contribution < -0.4 is 10.2 Å². The van der Waals surface area contributed by atoms with Gasteiger partial charge in [0, 0.05) is 56.2 Å². The molecule has 2 aliphatic rings. The highest BCUT2D eigenvalue weighted by atomic mass is 16.1. The Labute approximate surface area is 188 Å². The van der Waals surface area contributed by atoms with Crippen molar-refractivity contribution in [3.05, 3.63) is 60.0 Å². The Balaban J connectivity index is 1.17. The maximum atomic E-state index is 12.8. The van der Waals surface area contributed by atoms with Crippen molar-refractivity contribution in [2.75, 3.05) is 31.1 Å². The van der Waals surface area contributed by atoms with E-state index >= 15 is 0 Å². The molecule has 1 atom stereocenters. The molecular formula is C24H29N7O. The highest BCUT2D eigenvalue weighted by Crippen LogP contribution is 2.21. The van der Waals surface area contributed by atoms with Gasteiger partial charge in [-0.05, 0) is 56.1 Å².